The summed E-state index contributed by atoms with van der Waals surface area (Å²) in [6, 6.07) is 26.2. The quantitative estimate of drug-likeness (QED) is 0.291. The molecule has 3 aromatic rings. The summed E-state index contributed by atoms with van der Waals surface area (Å²) in [5.74, 6) is 1.34. The first-order valence-corrected chi connectivity index (χ1v) is 16.4. The molecule has 0 aromatic heterocycles. The van der Waals surface area contributed by atoms with Crippen molar-refractivity contribution in [2.75, 3.05) is 0 Å². The zero-order chi connectivity index (χ0) is 25.6. The maximum absolute atomic E-state index is 2.65. The number of fused-ring (bicyclic) bond motifs is 2. The van der Waals surface area contributed by atoms with Gasteiger partial charge in [0, 0.05) is 0 Å². The standard InChI is InChI=1S/C35H42Si/c1-23(2)17-27-13-15-29-19-25(5)34(32(29)21-27)36(7,31-11-9-8-10-12-31)35-26(6)20-30-16-14-28(18-24(3)4)22-33(30)35/h8-16,21-24H,17-20H2,1-7H3. The minimum absolute atomic E-state index is 0.668. The fourth-order valence-corrected chi connectivity index (χ4v) is 12.1. The van der Waals surface area contributed by atoms with Crippen LogP contribution in [-0.2, 0) is 25.7 Å². The van der Waals surface area contributed by atoms with Crippen molar-refractivity contribution in [3.63, 3.8) is 0 Å². The average Bonchev–Trinajstić information content (AvgIpc) is 3.33. The monoisotopic (exact) mass is 490 g/mol. The predicted octanol–water partition coefficient (Wildman–Crippen LogP) is 8.51. The highest BCUT2D eigenvalue weighted by molar-refractivity contribution is 7.18. The summed E-state index contributed by atoms with van der Waals surface area (Å²) in [7, 11) is -2.25. The molecule has 0 unspecified atom stereocenters. The van der Waals surface area contributed by atoms with E-state index < -0.39 is 8.07 Å². The third-order valence-corrected chi connectivity index (χ3v) is 13.2. The molecule has 0 nitrogen and oxygen atoms in total. The number of rotatable bonds is 7. The minimum atomic E-state index is -2.25. The topological polar surface area (TPSA) is 0 Å². The molecule has 0 aliphatic heterocycles. The fraction of sp³-hybridized carbons (Fsp3) is 0.371. The molecule has 2 aliphatic rings. The van der Waals surface area contributed by atoms with Crippen molar-refractivity contribution < 1.29 is 0 Å². The summed E-state index contributed by atoms with van der Waals surface area (Å²) in [5, 5.41) is 4.88. The Kier molecular flexibility index (Phi) is 6.72. The molecule has 1 heteroatoms. The Bertz CT molecular complexity index is 1270. The van der Waals surface area contributed by atoms with Gasteiger partial charge in [-0.25, -0.2) is 0 Å². The molecular weight excluding hydrogens is 448 g/mol. The van der Waals surface area contributed by atoms with Crippen LogP contribution in [0.1, 0.15) is 74.9 Å². The Morgan fingerprint density at radius 3 is 1.50 bits per heavy atom. The Labute approximate surface area is 220 Å². The van der Waals surface area contributed by atoms with Crippen molar-refractivity contribution in [1.29, 1.82) is 0 Å². The van der Waals surface area contributed by atoms with E-state index in [4.69, 9.17) is 0 Å². The summed E-state index contributed by atoms with van der Waals surface area (Å²) >= 11 is 0. The maximum Gasteiger partial charge on any atom is 0.146 e. The smallest absolute Gasteiger partial charge is 0.0683 e. The van der Waals surface area contributed by atoms with Gasteiger partial charge in [-0.2, -0.15) is 0 Å². The van der Waals surface area contributed by atoms with Crippen LogP contribution in [0.4, 0.5) is 0 Å². The van der Waals surface area contributed by atoms with Crippen LogP contribution in [0.5, 0.6) is 0 Å². The van der Waals surface area contributed by atoms with E-state index in [-0.39, 0.29) is 0 Å². The van der Waals surface area contributed by atoms with Crippen LogP contribution in [0.15, 0.2) is 77.9 Å². The predicted molar refractivity (Wildman–Crippen MR) is 160 cm³/mol. The molecule has 0 fully saturated rings. The summed E-state index contributed by atoms with van der Waals surface area (Å²) in [4.78, 5) is 0. The van der Waals surface area contributed by atoms with Crippen molar-refractivity contribution in [3.05, 3.63) is 111 Å². The van der Waals surface area contributed by atoms with Crippen LogP contribution >= 0.6 is 0 Å². The summed E-state index contributed by atoms with van der Waals surface area (Å²) < 4.78 is 0. The molecule has 0 atom stereocenters. The lowest BCUT2D eigenvalue weighted by atomic mass is 9.99. The van der Waals surface area contributed by atoms with E-state index in [1.165, 1.54) is 38.6 Å². The van der Waals surface area contributed by atoms with E-state index in [0.29, 0.717) is 11.8 Å². The molecule has 0 heterocycles. The highest BCUT2D eigenvalue weighted by Gasteiger charge is 2.45. The normalized spacial score (nSPS) is 15.4. The largest absolute Gasteiger partial charge is 0.146 e. The van der Waals surface area contributed by atoms with Gasteiger partial charge in [-0.3, -0.25) is 0 Å². The summed E-state index contributed by atoms with van der Waals surface area (Å²) in [6.07, 6.45) is 4.47. The summed E-state index contributed by atoms with van der Waals surface area (Å²) in [6.45, 7) is 16.8. The molecule has 0 bridgehead atoms. The van der Waals surface area contributed by atoms with Crippen molar-refractivity contribution in [1.82, 2.24) is 0 Å². The first-order chi connectivity index (χ1) is 17.2. The van der Waals surface area contributed by atoms with Crippen molar-refractivity contribution in [2.24, 2.45) is 11.8 Å². The molecule has 5 rings (SSSR count). The lowest BCUT2D eigenvalue weighted by Crippen LogP contribution is -2.48. The van der Waals surface area contributed by atoms with Gasteiger partial charge in [0.25, 0.3) is 0 Å². The third-order valence-electron chi connectivity index (χ3n) is 8.29. The first kappa shape index (κ1) is 25.0. The van der Waals surface area contributed by atoms with E-state index in [1.807, 2.05) is 0 Å². The molecule has 36 heavy (non-hydrogen) atoms. The lowest BCUT2D eigenvalue weighted by molar-refractivity contribution is 0.647. The fourth-order valence-electron chi connectivity index (χ4n) is 7.00. The Morgan fingerprint density at radius 2 is 1.08 bits per heavy atom. The van der Waals surface area contributed by atoms with Crippen molar-refractivity contribution in [3.8, 4) is 0 Å². The van der Waals surface area contributed by atoms with Gasteiger partial charge in [0.15, 0.2) is 0 Å². The van der Waals surface area contributed by atoms with Crippen LogP contribution in [-0.4, -0.2) is 8.07 Å². The zero-order valence-electron chi connectivity index (χ0n) is 23.3. The average molecular weight is 491 g/mol. The second-order valence-electron chi connectivity index (χ2n) is 12.3. The molecule has 186 valence electrons. The Morgan fingerprint density at radius 1 is 0.639 bits per heavy atom. The van der Waals surface area contributed by atoms with E-state index in [0.717, 1.165) is 25.7 Å². The zero-order valence-corrected chi connectivity index (χ0v) is 24.3. The van der Waals surface area contributed by atoms with Crippen LogP contribution in [0.2, 0.25) is 6.55 Å². The highest BCUT2D eigenvalue weighted by atomic mass is 28.3. The molecule has 0 saturated carbocycles. The minimum Gasteiger partial charge on any atom is -0.0683 e. The second kappa shape index (κ2) is 9.67. The van der Waals surface area contributed by atoms with Crippen LogP contribution in [0, 0.1) is 11.8 Å². The highest BCUT2D eigenvalue weighted by Crippen LogP contribution is 2.48. The number of hydrogen-bond donors (Lipinski definition) is 0. The maximum atomic E-state index is 2.65. The van der Waals surface area contributed by atoms with Gasteiger partial charge in [0.1, 0.15) is 8.07 Å². The number of benzene rings is 3. The molecule has 2 aliphatic carbocycles. The Balaban J connectivity index is 1.74. The lowest BCUT2D eigenvalue weighted by Gasteiger charge is -2.35. The summed E-state index contributed by atoms with van der Waals surface area (Å²) in [5.41, 5.74) is 12.2. The van der Waals surface area contributed by atoms with Crippen LogP contribution in [0.25, 0.3) is 10.4 Å². The van der Waals surface area contributed by atoms with Gasteiger partial charge in [-0.05, 0) is 100 Å². The molecule has 0 amide bonds. The van der Waals surface area contributed by atoms with Crippen LogP contribution < -0.4 is 5.19 Å². The Hall–Kier alpha value is -2.64. The number of allylic oxidation sites excluding steroid dienone is 2. The first-order valence-electron chi connectivity index (χ1n) is 13.9. The van der Waals surface area contributed by atoms with Crippen molar-refractivity contribution >= 4 is 23.7 Å². The van der Waals surface area contributed by atoms with E-state index >= 15 is 0 Å². The second-order valence-corrected chi connectivity index (χ2v) is 16.2. The van der Waals surface area contributed by atoms with Gasteiger partial charge < -0.3 is 0 Å². The molecule has 0 saturated heterocycles. The molecule has 0 spiro atoms. The van der Waals surface area contributed by atoms with Gasteiger partial charge in [-0.15, -0.1) is 0 Å². The van der Waals surface area contributed by atoms with Gasteiger partial charge in [-0.1, -0.05) is 112 Å². The van der Waals surface area contributed by atoms with E-state index in [1.54, 1.807) is 21.5 Å². The van der Waals surface area contributed by atoms with Crippen molar-refractivity contribution in [2.45, 2.75) is 73.8 Å². The molecular formula is C35H42Si. The van der Waals surface area contributed by atoms with Gasteiger partial charge >= 0.3 is 0 Å². The molecule has 0 radical (unpaired) electrons. The SMILES string of the molecule is CC1=C([Si](C)(C2=C(C)Cc3ccc(CC(C)C)cc32)c2ccccc2)c2cc(CC(C)C)ccc2C1. The molecule has 3 aromatic carbocycles. The van der Waals surface area contributed by atoms with Gasteiger partial charge in [0.2, 0.25) is 0 Å². The van der Waals surface area contributed by atoms with E-state index in [9.17, 15) is 0 Å². The van der Waals surface area contributed by atoms with E-state index in [2.05, 4.69) is 115 Å². The van der Waals surface area contributed by atoms with Gasteiger partial charge in [0.05, 0.1) is 0 Å². The molecule has 0 N–H and O–H groups in total. The number of hydrogen-bond acceptors (Lipinski definition) is 0. The van der Waals surface area contributed by atoms with Crippen LogP contribution in [0.3, 0.4) is 0 Å². The third kappa shape index (κ3) is 4.37.